The fourth-order valence-corrected chi connectivity index (χ4v) is 2.91. The molecule has 1 amide bonds. The van der Waals surface area contributed by atoms with Crippen molar-refractivity contribution in [3.63, 3.8) is 0 Å². The molecule has 1 saturated carbocycles. The summed E-state index contributed by atoms with van der Waals surface area (Å²) in [4.78, 5) is 12.6. The van der Waals surface area contributed by atoms with Crippen molar-refractivity contribution >= 4 is 11.6 Å². The van der Waals surface area contributed by atoms with E-state index in [4.69, 9.17) is 0 Å². The largest absolute Gasteiger partial charge is 0.324 e. The van der Waals surface area contributed by atoms with E-state index in [1.165, 1.54) is 0 Å². The summed E-state index contributed by atoms with van der Waals surface area (Å²) in [6.07, 6.45) is 6.43. The lowest BCUT2D eigenvalue weighted by Gasteiger charge is -2.24. The second kappa shape index (κ2) is 6.56. The van der Waals surface area contributed by atoms with E-state index < -0.39 is 5.41 Å². The maximum Gasteiger partial charge on any atom is 0.244 e. The minimum atomic E-state index is -0.836. The molecule has 0 spiro atoms. The van der Waals surface area contributed by atoms with Gasteiger partial charge in [-0.25, -0.2) is 0 Å². The molecule has 1 aliphatic rings. The fraction of sp³-hybridized carbons (Fsp3) is 0.529. The van der Waals surface area contributed by atoms with Gasteiger partial charge >= 0.3 is 0 Å². The first-order valence-electron chi connectivity index (χ1n) is 7.52. The van der Waals surface area contributed by atoms with Crippen molar-refractivity contribution in [1.29, 1.82) is 5.26 Å². The lowest BCUT2D eigenvalue weighted by atomic mass is 9.81. The number of carbonyl (C=O) groups is 1. The van der Waals surface area contributed by atoms with Crippen LogP contribution in [0, 0.1) is 16.7 Å². The van der Waals surface area contributed by atoms with E-state index in [0.717, 1.165) is 43.4 Å². The molecule has 20 heavy (non-hydrogen) atoms. The second-order valence-corrected chi connectivity index (χ2v) is 5.57. The molecule has 0 radical (unpaired) electrons. The Morgan fingerprint density at radius 3 is 2.50 bits per heavy atom. The summed E-state index contributed by atoms with van der Waals surface area (Å²) in [7, 11) is 0. The average Bonchev–Trinajstić information content (AvgIpc) is 2.74. The molecular formula is C17H22N2O. The Kier molecular flexibility index (Phi) is 4.79. The Morgan fingerprint density at radius 2 is 1.90 bits per heavy atom. The van der Waals surface area contributed by atoms with Gasteiger partial charge in [0, 0.05) is 5.69 Å². The zero-order valence-corrected chi connectivity index (χ0v) is 12.1. The Balaban J connectivity index is 2.19. The molecule has 0 aromatic heterocycles. The van der Waals surface area contributed by atoms with Crippen molar-refractivity contribution in [1.82, 2.24) is 0 Å². The van der Waals surface area contributed by atoms with Crippen LogP contribution >= 0.6 is 0 Å². The first-order valence-corrected chi connectivity index (χ1v) is 7.52. The van der Waals surface area contributed by atoms with Crippen molar-refractivity contribution < 1.29 is 4.79 Å². The van der Waals surface area contributed by atoms with Gasteiger partial charge in [-0.1, -0.05) is 50.8 Å². The molecule has 3 nitrogen and oxygen atoms in total. The monoisotopic (exact) mass is 270 g/mol. The first kappa shape index (κ1) is 14.6. The van der Waals surface area contributed by atoms with E-state index in [9.17, 15) is 10.1 Å². The molecule has 1 N–H and O–H groups in total. The van der Waals surface area contributed by atoms with Crippen LogP contribution in [0.3, 0.4) is 0 Å². The van der Waals surface area contributed by atoms with Crippen LogP contribution in [0.25, 0.3) is 0 Å². The highest BCUT2D eigenvalue weighted by atomic mass is 16.2. The van der Waals surface area contributed by atoms with Crippen molar-refractivity contribution in [2.45, 2.75) is 51.9 Å². The summed E-state index contributed by atoms with van der Waals surface area (Å²) >= 11 is 0. The predicted octanol–water partition coefficient (Wildman–Crippen LogP) is 4.05. The summed E-state index contributed by atoms with van der Waals surface area (Å²) in [5.41, 5.74) is 1.12. The molecular weight excluding hydrogens is 248 g/mol. The molecule has 0 bridgehead atoms. The van der Waals surface area contributed by atoms with Gasteiger partial charge in [-0.05, 0) is 30.9 Å². The highest BCUT2D eigenvalue weighted by Gasteiger charge is 2.39. The topological polar surface area (TPSA) is 52.9 Å². The third-order valence-electron chi connectivity index (χ3n) is 4.25. The number of aryl methyl sites for hydroxylation is 1. The fourth-order valence-electron chi connectivity index (χ4n) is 2.91. The van der Waals surface area contributed by atoms with E-state index >= 15 is 0 Å². The number of carbonyl (C=O) groups excluding carboxylic acids is 1. The van der Waals surface area contributed by atoms with E-state index in [1.807, 2.05) is 24.3 Å². The Morgan fingerprint density at radius 1 is 1.25 bits per heavy atom. The van der Waals surface area contributed by atoms with Crippen LogP contribution in [0.4, 0.5) is 5.69 Å². The quantitative estimate of drug-likeness (QED) is 0.842. The molecule has 106 valence electrons. The zero-order valence-electron chi connectivity index (χ0n) is 12.1. The predicted molar refractivity (Wildman–Crippen MR) is 80.2 cm³/mol. The molecule has 1 aromatic rings. The highest BCUT2D eigenvalue weighted by Crippen LogP contribution is 2.36. The molecule has 0 heterocycles. The van der Waals surface area contributed by atoms with Crippen LogP contribution < -0.4 is 5.32 Å². The van der Waals surface area contributed by atoms with Gasteiger partial charge in [0.15, 0.2) is 0 Å². The van der Waals surface area contributed by atoms with Crippen LogP contribution in [0.2, 0.25) is 0 Å². The number of hydrogen-bond acceptors (Lipinski definition) is 2. The number of hydrogen-bond donors (Lipinski definition) is 1. The van der Waals surface area contributed by atoms with E-state index in [1.54, 1.807) is 0 Å². The van der Waals surface area contributed by atoms with Gasteiger partial charge < -0.3 is 5.32 Å². The third kappa shape index (κ3) is 3.01. The second-order valence-electron chi connectivity index (χ2n) is 5.57. The third-order valence-corrected chi connectivity index (χ3v) is 4.25. The number of amides is 1. The molecule has 0 atom stereocenters. The Hall–Kier alpha value is -1.82. The number of rotatable bonds is 3. The molecule has 1 aliphatic carbocycles. The van der Waals surface area contributed by atoms with Gasteiger partial charge in [-0.15, -0.1) is 0 Å². The maximum atomic E-state index is 12.6. The van der Waals surface area contributed by atoms with Crippen molar-refractivity contribution in [2.75, 3.05) is 5.32 Å². The van der Waals surface area contributed by atoms with E-state index in [-0.39, 0.29) is 5.91 Å². The maximum absolute atomic E-state index is 12.6. The normalized spacial score (nSPS) is 17.8. The lowest BCUT2D eigenvalue weighted by molar-refractivity contribution is -0.123. The van der Waals surface area contributed by atoms with Gasteiger partial charge in [0.05, 0.1) is 6.07 Å². The molecule has 0 saturated heterocycles. The van der Waals surface area contributed by atoms with Gasteiger partial charge in [-0.3, -0.25) is 4.79 Å². The van der Waals surface area contributed by atoms with Crippen LogP contribution in [-0.4, -0.2) is 5.91 Å². The zero-order chi connectivity index (χ0) is 14.4. The molecule has 1 fully saturated rings. The summed E-state index contributed by atoms with van der Waals surface area (Å²) in [6, 6.07) is 10.1. The number of nitrogens with zero attached hydrogens (tertiary/aromatic N) is 1. The first-order chi connectivity index (χ1) is 9.72. The molecule has 0 aliphatic heterocycles. The molecule has 0 unspecified atom stereocenters. The number of nitrogens with one attached hydrogen (secondary N) is 1. The van der Waals surface area contributed by atoms with Crippen molar-refractivity contribution in [2.24, 2.45) is 5.41 Å². The van der Waals surface area contributed by atoms with Crippen LogP contribution in [0.1, 0.15) is 51.0 Å². The van der Waals surface area contributed by atoms with Crippen LogP contribution in [0.15, 0.2) is 24.3 Å². The van der Waals surface area contributed by atoms with Crippen LogP contribution in [-0.2, 0) is 11.2 Å². The van der Waals surface area contributed by atoms with Crippen LogP contribution in [0.5, 0.6) is 0 Å². The SMILES string of the molecule is CCc1ccccc1NC(=O)C1(C#N)CCCCCC1. The Bertz CT molecular complexity index is 508. The highest BCUT2D eigenvalue weighted by molar-refractivity contribution is 5.97. The van der Waals surface area contributed by atoms with Gasteiger partial charge in [0.1, 0.15) is 5.41 Å². The Labute approximate surface area is 121 Å². The molecule has 1 aromatic carbocycles. The number of anilines is 1. The van der Waals surface area contributed by atoms with E-state index in [2.05, 4.69) is 18.3 Å². The molecule has 2 rings (SSSR count). The summed E-state index contributed by atoms with van der Waals surface area (Å²) in [5.74, 6) is -0.122. The standard InChI is InChI=1S/C17H22N2O/c1-2-14-9-5-6-10-15(14)19-16(20)17(13-18)11-7-3-4-8-12-17/h5-6,9-10H,2-4,7-8,11-12H2,1H3,(H,19,20). The summed E-state index contributed by atoms with van der Waals surface area (Å²) in [6.45, 7) is 2.07. The number of benzene rings is 1. The lowest BCUT2D eigenvalue weighted by Crippen LogP contribution is -2.34. The molecule has 3 heteroatoms. The number of nitriles is 1. The van der Waals surface area contributed by atoms with Crippen molar-refractivity contribution in [3.8, 4) is 6.07 Å². The van der Waals surface area contributed by atoms with Crippen molar-refractivity contribution in [3.05, 3.63) is 29.8 Å². The average molecular weight is 270 g/mol. The van der Waals surface area contributed by atoms with Gasteiger partial charge in [-0.2, -0.15) is 5.26 Å². The summed E-state index contributed by atoms with van der Waals surface area (Å²) < 4.78 is 0. The minimum Gasteiger partial charge on any atom is -0.324 e. The smallest absolute Gasteiger partial charge is 0.244 e. The summed E-state index contributed by atoms with van der Waals surface area (Å²) in [5, 5.41) is 12.5. The minimum absolute atomic E-state index is 0.122. The van der Waals surface area contributed by atoms with E-state index in [0.29, 0.717) is 12.8 Å². The van der Waals surface area contributed by atoms with Gasteiger partial charge in [0.2, 0.25) is 5.91 Å². The van der Waals surface area contributed by atoms with Gasteiger partial charge in [0.25, 0.3) is 0 Å². The number of para-hydroxylation sites is 1.